The number of hydrogen-bond donors (Lipinski definition) is 1. The molecule has 0 heterocycles. The highest BCUT2D eigenvalue weighted by Crippen LogP contribution is 2.20. The van der Waals surface area contributed by atoms with Gasteiger partial charge in [-0.1, -0.05) is 65.5 Å². The van der Waals surface area contributed by atoms with Crippen molar-refractivity contribution >= 4 is 27.7 Å². The van der Waals surface area contributed by atoms with E-state index in [0.29, 0.717) is 12.3 Å². The summed E-state index contributed by atoms with van der Waals surface area (Å²) in [5.74, 6) is 0.359. The van der Waals surface area contributed by atoms with Crippen LogP contribution in [0.3, 0.4) is 0 Å². The van der Waals surface area contributed by atoms with E-state index in [1.54, 1.807) is 11.8 Å². The third-order valence-corrected chi connectivity index (χ3v) is 6.30. The summed E-state index contributed by atoms with van der Waals surface area (Å²) in [5.41, 5.74) is 1.92. The summed E-state index contributed by atoms with van der Waals surface area (Å²) in [7, 11) is 0. The Hall–Kier alpha value is -2.34. The molecule has 1 aliphatic carbocycles. The number of carbonyl (C=O) groups excluding carboxylic acids is 2. The summed E-state index contributed by atoms with van der Waals surface area (Å²) in [6, 6.07) is 15.0. The van der Waals surface area contributed by atoms with E-state index in [9.17, 15) is 9.59 Å². The molecule has 3 rings (SSSR count). The summed E-state index contributed by atoms with van der Waals surface area (Å²) in [4.78, 5) is 27.8. The molecule has 2 aromatic carbocycles. The zero-order valence-electron chi connectivity index (χ0n) is 18.3. The molecule has 166 valence electrons. The topological polar surface area (TPSA) is 58.6 Å². The van der Waals surface area contributed by atoms with Crippen molar-refractivity contribution in [1.82, 2.24) is 10.2 Å². The molecule has 5 nitrogen and oxygen atoms in total. The highest BCUT2D eigenvalue weighted by molar-refractivity contribution is 9.10. The standard InChI is InChI=1S/C25H31BrN2O3/c1-18-9-6-7-14-23(18)31-17-24(29)28(16-20-10-8-11-21(26)15-20)19(2)25(30)27-22-12-4-3-5-13-22/h6-11,14-15,19,22H,3-5,12-13,16-17H2,1-2H3,(H,27,30). The molecule has 1 unspecified atom stereocenters. The van der Waals surface area contributed by atoms with Crippen LogP contribution in [-0.4, -0.2) is 35.4 Å². The summed E-state index contributed by atoms with van der Waals surface area (Å²) in [6.07, 6.45) is 5.53. The first kappa shape index (κ1) is 23.3. The monoisotopic (exact) mass is 486 g/mol. The second-order valence-electron chi connectivity index (χ2n) is 8.23. The number of carbonyl (C=O) groups is 2. The van der Waals surface area contributed by atoms with Crippen molar-refractivity contribution in [2.24, 2.45) is 0 Å². The largest absolute Gasteiger partial charge is 0.484 e. The van der Waals surface area contributed by atoms with Gasteiger partial charge in [-0.05, 0) is 56.0 Å². The van der Waals surface area contributed by atoms with Crippen molar-refractivity contribution in [3.63, 3.8) is 0 Å². The maximum Gasteiger partial charge on any atom is 0.261 e. The lowest BCUT2D eigenvalue weighted by Crippen LogP contribution is -2.51. The van der Waals surface area contributed by atoms with Crippen LogP contribution in [0.2, 0.25) is 0 Å². The fourth-order valence-corrected chi connectivity index (χ4v) is 4.37. The molecule has 2 aromatic rings. The van der Waals surface area contributed by atoms with Gasteiger partial charge in [-0.15, -0.1) is 0 Å². The van der Waals surface area contributed by atoms with Gasteiger partial charge in [0.1, 0.15) is 11.8 Å². The molecule has 1 aliphatic rings. The molecular weight excluding hydrogens is 456 g/mol. The first-order valence-electron chi connectivity index (χ1n) is 11.0. The first-order chi connectivity index (χ1) is 14.9. The highest BCUT2D eigenvalue weighted by atomic mass is 79.9. The fraction of sp³-hybridized carbons (Fsp3) is 0.440. The summed E-state index contributed by atoms with van der Waals surface area (Å²) in [5, 5.41) is 3.15. The Morgan fingerprint density at radius 1 is 1.13 bits per heavy atom. The van der Waals surface area contributed by atoms with E-state index in [2.05, 4.69) is 21.2 Å². The van der Waals surface area contributed by atoms with Gasteiger partial charge in [0.05, 0.1) is 0 Å². The summed E-state index contributed by atoms with van der Waals surface area (Å²) in [6.45, 7) is 3.97. The van der Waals surface area contributed by atoms with Gasteiger partial charge in [0, 0.05) is 17.1 Å². The molecular formula is C25H31BrN2O3. The number of para-hydroxylation sites is 1. The molecule has 1 atom stereocenters. The van der Waals surface area contributed by atoms with Crippen LogP contribution >= 0.6 is 15.9 Å². The van der Waals surface area contributed by atoms with Crippen LogP contribution < -0.4 is 10.1 Å². The molecule has 6 heteroatoms. The minimum atomic E-state index is -0.589. The number of halogens is 1. The second-order valence-corrected chi connectivity index (χ2v) is 9.14. The molecule has 0 bridgehead atoms. The van der Waals surface area contributed by atoms with Crippen LogP contribution in [-0.2, 0) is 16.1 Å². The van der Waals surface area contributed by atoms with E-state index in [4.69, 9.17) is 4.74 Å². The average molecular weight is 487 g/mol. The third kappa shape index (κ3) is 6.82. The van der Waals surface area contributed by atoms with Crippen molar-refractivity contribution in [1.29, 1.82) is 0 Å². The van der Waals surface area contributed by atoms with Crippen molar-refractivity contribution < 1.29 is 14.3 Å². The van der Waals surface area contributed by atoms with Gasteiger partial charge in [-0.2, -0.15) is 0 Å². The molecule has 1 saturated carbocycles. The number of ether oxygens (including phenoxy) is 1. The van der Waals surface area contributed by atoms with Crippen molar-refractivity contribution in [3.8, 4) is 5.75 Å². The van der Waals surface area contributed by atoms with Crippen molar-refractivity contribution in [2.45, 2.75) is 64.6 Å². The van der Waals surface area contributed by atoms with Crippen molar-refractivity contribution in [3.05, 3.63) is 64.1 Å². The number of nitrogens with zero attached hydrogens (tertiary/aromatic N) is 1. The lowest BCUT2D eigenvalue weighted by atomic mass is 9.95. The van der Waals surface area contributed by atoms with Gasteiger partial charge in [0.2, 0.25) is 5.91 Å². The highest BCUT2D eigenvalue weighted by Gasteiger charge is 2.28. The number of amides is 2. The summed E-state index contributed by atoms with van der Waals surface area (Å²) < 4.78 is 6.73. The Bertz CT molecular complexity index is 896. The van der Waals surface area contributed by atoms with Gasteiger partial charge in [-0.25, -0.2) is 0 Å². The lowest BCUT2D eigenvalue weighted by molar-refractivity contribution is -0.142. The summed E-state index contributed by atoms with van der Waals surface area (Å²) >= 11 is 3.48. The molecule has 0 aliphatic heterocycles. The first-order valence-corrected chi connectivity index (χ1v) is 11.8. The van der Waals surface area contributed by atoms with Gasteiger partial charge in [0.15, 0.2) is 6.61 Å². The van der Waals surface area contributed by atoms with E-state index < -0.39 is 6.04 Å². The molecule has 31 heavy (non-hydrogen) atoms. The van der Waals surface area contributed by atoms with Gasteiger partial charge >= 0.3 is 0 Å². The van der Waals surface area contributed by atoms with Crippen LogP contribution in [0, 0.1) is 6.92 Å². The number of benzene rings is 2. The van der Waals surface area contributed by atoms with E-state index in [1.807, 2.05) is 55.5 Å². The molecule has 1 fully saturated rings. The van der Waals surface area contributed by atoms with Gasteiger partial charge < -0.3 is 15.0 Å². The maximum atomic E-state index is 13.2. The quantitative estimate of drug-likeness (QED) is 0.570. The van der Waals surface area contributed by atoms with E-state index in [0.717, 1.165) is 41.3 Å². The average Bonchev–Trinajstić information content (AvgIpc) is 2.77. The minimum absolute atomic E-state index is 0.105. The molecule has 1 N–H and O–H groups in total. The normalized spacial score (nSPS) is 15.2. The van der Waals surface area contributed by atoms with E-state index >= 15 is 0 Å². The van der Waals surface area contributed by atoms with E-state index in [1.165, 1.54) is 6.42 Å². The van der Waals surface area contributed by atoms with Crippen molar-refractivity contribution in [2.75, 3.05) is 6.61 Å². The Morgan fingerprint density at radius 3 is 2.58 bits per heavy atom. The number of hydrogen-bond acceptors (Lipinski definition) is 3. The maximum absolute atomic E-state index is 13.2. The Morgan fingerprint density at radius 2 is 1.87 bits per heavy atom. The van der Waals surface area contributed by atoms with Gasteiger partial charge in [-0.3, -0.25) is 9.59 Å². The third-order valence-electron chi connectivity index (χ3n) is 5.81. The smallest absolute Gasteiger partial charge is 0.261 e. The molecule has 2 amide bonds. The minimum Gasteiger partial charge on any atom is -0.484 e. The second kappa shape index (κ2) is 11.3. The predicted molar refractivity (Wildman–Crippen MR) is 126 cm³/mol. The predicted octanol–water partition coefficient (Wildman–Crippen LogP) is 5.00. The Balaban J connectivity index is 1.71. The van der Waals surface area contributed by atoms with Crippen LogP contribution in [0.4, 0.5) is 0 Å². The lowest BCUT2D eigenvalue weighted by Gasteiger charge is -2.31. The molecule has 0 radical (unpaired) electrons. The van der Waals surface area contributed by atoms with Crippen LogP contribution in [0.25, 0.3) is 0 Å². The van der Waals surface area contributed by atoms with Gasteiger partial charge in [0.25, 0.3) is 5.91 Å². The fourth-order valence-electron chi connectivity index (χ4n) is 3.92. The van der Waals surface area contributed by atoms with E-state index in [-0.39, 0.29) is 24.5 Å². The van der Waals surface area contributed by atoms with Crippen LogP contribution in [0.1, 0.15) is 50.2 Å². The number of rotatable bonds is 8. The Labute approximate surface area is 193 Å². The van der Waals surface area contributed by atoms with Crippen LogP contribution in [0.15, 0.2) is 53.0 Å². The van der Waals surface area contributed by atoms with Crippen LogP contribution in [0.5, 0.6) is 5.75 Å². The zero-order chi connectivity index (χ0) is 22.2. The zero-order valence-corrected chi connectivity index (χ0v) is 19.9. The molecule has 0 aromatic heterocycles. The number of aryl methyl sites for hydroxylation is 1. The Kier molecular flexibility index (Phi) is 8.52. The SMILES string of the molecule is Cc1ccccc1OCC(=O)N(Cc1cccc(Br)c1)C(C)C(=O)NC1CCCCC1. The molecule has 0 saturated heterocycles. The number of nitrogens with one attached hydrogen (secondary N) is 1. The molecule has 0 spiro atoms.